The number of rotatable bonds is 4. The monoisotopic (exact) mass is 318 g/mol. The molecule has 8 heteroatoms. The third kappa shape index (κ3) is 2.69. The molecule has 0 amide bonds. The first-order valence-corrected chi connectivity index (χ1v) is 7.84. The molecule has 0 saturated carbocycles. The van der Waals surface area contributed by atoms with Gasteiger partial charge in [-0.3, -0.25) is 0 Å². The summed E-state index contributed by atoms with van der Waals surface area (Å²) in [5.41, 5.74) is 5.22. The molecule has 1 aromatic rings. The van der Waals surface area contributed by atoms with E-state index in [0.717, 1.165) is 6.07 Å². The molecule has 2 rings (SSSR count). The van der Waals surface area contributed by atoms with Crippen molar-refractivity contribution in [3.63, 3.8) is 0 Å². The first-order valence-electron chi connectivity index (χ1n) is 5.99. The Kier molecular flexibility index (Phi) is 4.38. The molecule has 2 N–H and O–H groups in total. The minimum absolute atomic E-state index is 0.147. The molecule has 5 nitrogen and oxygen atoms in total. The van der Waals surface area contributed by atoms with Crippen LogP contribution in [0.5, 0.6) is 0 Å². The van der Waals surface area contributed by atoms with Crippen molar-refractivity contribution in [2.24, 2.45) is 5.73 Å². The molecular weight excluding hydrogens is 303 g/mol. The first kappa shape index (κ1) is 15.3. The second-order valence-electron chi connectivity index (χ2n) is 4.49. The van der Waals surface area contributed by atoms with Crippen molar-refractivity contribution >= 4 is 27.2 Å². The van der Waals surface area contributed by atoms with Crippen LogP contribution in [-0.2, 0) is 14.8 Å². The Hall–Kier alpha value is -1.09. The zero-order valence-corrected chi connectivity index (χ0v) is 12.5. The number of nitrogens with two attached hydrogens (primary N) is 1. The Morgan fingerprint density at radius 3 is 2.80 bits per heavy atom. The molecule has 0 bridgehead atoms. The quantitative estimate of drug-likeness (QED) is 0.834. The minimum atomic E-state index is -3.83. The Morgan fingerprint density at radius 2 is 2.25 bits per heavy atom. The SMILES string of the molecule is COC1CCN(S(=O)(=O)c2cccc(F)c2C(N)=S)C1. The summed E-state index contributed by atoms with van der Waals surface area (Å²) >= 11 is 4.76. The lowest BCUT2D eigenvalue weighted by atomic mass is 10.2. The molecule has 1 unspecified atom stereocenters. The van der Waals surface area contributed by atoms with Crippen LogP contribution in [0.4, 0.5) is 4.39 Å². The summed E-state index contributed by atoms with van der Waals surface area (Å²) in [5.74, 6) is -0.735. The third-order valence-corrected chi connectivity index (χ3v) is 5.39. The second kappa shape index (κ2) is 5.72. The van der Waals surface area contributed by atoms with Crippen molar-refractivity contribution in [1.82, 2.24) is 4.31 Å². The van der Waals surface area contributed by atoms with Gasteiger partial charge in [0.25, 0.3) is 0 Å². The largest absolute Gasteiger partial charge is 0.389 e. The lowest BCUT2D eigenvalue weighted by Gasteiger charge is -2.18. The van der Waals surface area contributed by atoms with Gasteiger partial charge in [0.15, 0.2) is 0 Å². The predicted octanol–water partition coefficient (Wildman–Crippen LogP) is 0.869. The topological polar surface area (TPSA) is 72.6 Å². The van der Waals surface area contributed by atoms with Gasteiger partial charge in [0, 0.05) is 20.2 Å². The third-order valence-electron chi connectivity index (χ3n) is 3.28. The van der Waals surface area contributed by atoms with Gasteiger partial charge in [-0.2, -0.15) is 4.31 Å². The summed E-state index contributed by atoms with van der Waals surface area (Å²) in [6.45, 7) is 0.570. The van der Waals surface area contributed by atoms with Crippen LogP contribution in [-0.4, -0.2) is 44.0 Å². The first-order chi connectivity index (χ1) is 9.37. The van der Waals surface area contributed by atoms with E-state index in [4.69, 9.17) is 22.7 Å². The minimum Gasteiger partial charge on any atom is -0.389 e. The highest BCUT2D eigenvalue weighted by molar-refractivity contribution is 7.89. The molecule has 1 fully saturated rings. The highest BCUT2D eigenvalue weighted by atomic mass is 32.2. The molecular formula is C12H15FN2O3S2. The van der Waals surface area contributed by atoms with Gasteiger partial charge >= 0.3 is 0 Å². The van der Waals surface area contributed by atoms with E-state index in [1.165, 1.54) is 23.5 Å². The maximum Gasteiger partial charge on any atom is 0.243 e. The van der Waals surface area contributed by atoms with Crippen molar-refractivity contribution in [1.29, 1.82) is 0 Å². The van der Waals surface area contributed by atoms with Gasteiger partial charge in [0.05, 0.1) is 16.6 Å². The van der Waals surface area contributed by atoms with Gasteiger partial charge < -0.3 is 10.5 Å². The van der Waals surface area contributed by atoms with Gasteiger partial charge in [-0.1, -0.05) is 18.3 Å². The molecule has 1 atom stereocenters. The van der Waals surface area contributed by atoms with Crippen LogP contribution in [0.15, 0.2) is 23.1 Å². The molecule has 0 spiro atoms. The van der Waals surface area contributed by atoms with Crippen molar-refractivity contribution in [2.75, 3.05) is 20.2 Å². The van der Waals surface area contributed by atoms with Crippen LogP contribution in [0.1, 0.15) is 12.0 Å². The Morgan fingerprint density at radius 1 is 1.55 bits per heavy atom. The molecule has 1 heterocycles. The number of methoxy groups -OCH3 is 1. The number of halogens is 1. The fourth-order valence-electron chi connectivity index (χ4n) is 2.21. The lowest BCUT2D eigenvalue weighted by Crippen LogP contribution is -2.32. The van der Waals surface area contributed by atoms with Crippen LogP contribution in [0, 0.1) is 5.82 Å². The van der Waals surface area contributed by atoms with Gasteiger partial charge in [-0.15, -0.1) is 0 Å². The summed E-state index contributed by atoms with van der Waals surface area (Å²) in [4.78, 5) is -0.467. The Labute approximate surface area is 122 Å². The van der Waals surface area contributed by atoms with E-state index in [0.29, 0.717) is 13.0 Å². The molecule has 110 valence electrons. The number of thiocarbonyl (C=S) groups is 1. The van der Waals surface area contributed by atoms with E-state index < -0.39 is 15.8 Å². The number of sulfonamides is 1. The van der Waals surface area contributed by atoms with E-state index in [2.05, 4.69) is 0 Å². The average molecular weight is 318 g/mol. The number of hydrogen-bond acceptors (Lipinski definition) is 4. The maximum absolute atomic E-state index is 13.8. The molecule has 20 heavy (non-hydrogen) atoms. The fourth-order valence-corrected chi connectivity index (χ4v) is 4.18. The van der Waals surface area contributed by atoms with Gasteiger partial charge in [0.1, 0.15) is 10.8 Å². The van der Waals surface area contributed by atoms with Gasteiger partial charge in [-0.25, -0.2) is 12.8 Å². The summed E-state index contributed by atoms with van der Waals surface area (Å²) < 4.78 is 45.3. The number of nitrogens with zero attached hydrogens (tertiary/aromatic N) is 1. The maximum atomic E-state index is 13.8. The molecule has 1 saturated heterocycles. The van der Waals surface area contributed by atoms with Crippen LogP contribution in [0.3, 0.4) is 0 Å². The van der Waals surface area contributed by atoms with Gasteiger partial charge in [-0.05, 0) is 18.6 Å². The van der Waals surface area contributed by atoms with Gasteiger partial charge in [0.2, 0.25) is 10.0 Å². The van der Waals surface area contributed by atoms with Crippen LogP contribution >= 0.6 is 12.2 Å². The van der Waals surface area contributed by atoms with E-state index in [1.807, 2.05) is 0 Å². The number of benzene rings is 1. The highest BCUT2D eigenvalue weighted by Crippen LogP contribution is 2.26. The van der Waals surface area contributed by atoms with Crippen LogP contribution < -0.4 is 5.73 Å². The van der Waals surface area contributed by atoms with E-state index in [1.54, 1.807) is 0 Å². The van der Waals surface area contributed by atoms with Crippen molar-refractivity contribution in [2.45, 2.75) is 17.4 Å². The van der Waals surface area contributed by atoms with E-state index >= 15 is 0 Å². The van der Waals surface area contributed by atoms with Crippen LogP contribution in [0.2, 0.25) is 0 Å². The fraction of sp³-hybridized carbons (Fsp3) is 0.417. The zero-order chi connectivity index (χ0) is 14.9. The van der Waals surface area contributed by atoms with E-state index in [9.17, 15) is 12.8 Å². The standard InChI is InChI=1S/C12H15FN2O3S2/c1-18-8-5-6-15(7-8)20(16,17)10-4-2-3-9(13)11(10)12(14)19/h2-4,8H,5-7H2,1H3,(H2,14,19). The molecule has 1 aliphatic rings. The summed E-state index contributed by atoms with van der Waals surface area (Å²) in [6, 6.07) is 3.77. The summed E-state index contributed by atoms with van der Waals surface area (Å²) in [6.07, 6.45) is 0.458. The normalized spacial score (nSPS) is 20.2. The number of ether oxygens (including phenoxy) is 1. The lowest BCUT2D eigenvalue weighted by molar-refractivity contribution is 0.115. The molecule has 1 aliphatic heterocycles. The predicted molar refractivity (Wildman–Crippen MR) is 76.5 cm³/mol. The van der Waals surface area contributed by atoms with Crippen molar-refractivity contribution in [3.05, 3.63) is 29.6 Å². The summed E-state index contributed by atoms with van der Waals surface area (Å²) in [7, 11) is -2.30. The smallest absolute Gasteiger partial charge is 0.243 e. The highest BCUT2D eigenvalue weighted by Gasteiger charge is 2.34. The molecule has 0 aromatic heterocycles. The van der Waals surface area contributed by atoms with Crippen LogP contribution in [0.25, 0.3) is 0 Å². The zero-order valence-electron chi connectivity index (χ0n) is 10.9. The molecule has 1 aromatic carbocycles. The molecule has 0 radical (unpaired) electrons. The average Bonchev–Trinajstić information content (AvgIpc) is 2.87. The Bertz CT molecular complexity index is 634. The Balaban J connectivity index is 2.46. The number of hydrogen-bond donors (Lipinski definition) is 1. The summed E-state index contributed by atoms with van der Waals surface area (Å²) in [5, 5.41) is 0. The van der Waals surface area contributed by atoms with Crippen molar-refractivity contribution in [3.8, 4) is 0 Å². The van der Waals surface area contributed by atoms with Crippen molar-refractivity contribution < 1.29 is 17.5 Å². The molecule has 0 aliphatic carbocycles. The van der Waals surface area contributed by atoms with E-state index in [-0.39, 0.29) is 28.1 Å². The second-order valence-corrected chi connectivity index (χ2v) is 6.83.